The van der Waals surface area contributed by atoms with Gasteiger partial charge < -0.3 is 10.6 Å². The topological polar surface area (TPSA) is 89.5 Å². The Labute approximate surface area is 125 Å². The smallest absolute Gasteiger partial charge is 0.285 e. The fraction of sp³-hybridized carbons (Fsp3) is 0.533. The minimum absolute atomic E-state index is 0.00717. The van der Waals surface area contributed by atoms with Crippen molar-refractivity contribution in [1.29, 1.82) is 0 Å². The summed E-state index contributed by atoms with van der Waals surface area (Å²) in [6.45, 7) is 6.16. The Kier molecular flexibility index (Phi) is 5.84. The molecule has 116 valence electrons. The molecule has 0 aliphatic carbocycles. The lowest BCUT2D eigenvalue weighted by Gasteiger charge is -2.21. The number of aryl methyl sites for hydroxylation is 1. The first kappa shape index (κ1) is 17.1. The molecule has 0 spiro atoms. The number of rotatable bonds is 6. The number of benzene rings is 1. The minimum atomic E-state index is -0.504. The third-order valence-electron chi connectivity index (χ3n) is 3.65. The van der Waals surface area contributed by atoms with E-state index < -0.39 is 4.92 Å². The number of nitro benzene ring substituents is 1. The van der Waals surface area contributed by atoms with Crippen LogP contribution >= 0.6 is 0 Å². The minimum Gasteiger partial charge on any atom is -0.341 e. The Balaban J connectivity index is 2.89. The third kappa shape index (κ3) is 4.26. The molecule has 0 bridgehead atoms. The molecule has 1 unspecified atom stereocenters. The van der Waals surface area contributed by atoms with Gasteiger partial charge in [-0.15, -0.1) is 0 Å². The molecule has 6 nitrogen and oxygen atoms in total. The van der Waals surface area contributed by atoms with Gasteiger partial charge in [-0.25, -0.2) is 0 Å². The first-order valence-corrected chi connectivity index (χ1v) is 7.00. The largest absolute Gasteiger partial charge is 0.341 e. The molecule has 1 aromatic carbocycles. The SMILES string of the molecule is Cc1cccc(C(=O)N(C)CCC(N)C(C)C)c1[N+](=O)[O-]. The summed E-state index contributed by atoms with van der Waals surface area (Å²) in [7, 11) is 1.64. The number of amides is 1. The summed E-state index contributed by atoms with van der Waals surface area (Å²) < 4.78 is 0. The van der Waals surface area contributed by atoms with Crippen molar-refractivity contribution < 1.29 is 9.72 Å². The Morgan fingerprint density at radius 2 is 2.05 bits per heavy atom. The molecule has 0 aliphatic heterocycles. The number of carbonyl (C=O) groups is 1. The lowest BCUT2D eigenvalue weighted by atomic mass is 10.0. The molecule has 21 heavy (non-hydrogen) atoms. The summed E-state index contributed by atoms with van der Waals surface area (Å²) >= 11 is 0. The second-order valence-corrected chi connectivity index (χ2v) is 5.65. The van der Waals surface area contributed by atoms with E-state index in [0.717, 1.165) is 0 Å². The van der Waals surface area contributed by atoms with Gasteiger partial charge in [0, 0.05) is 25.2 Å². The summed E-state index contributed by atoms with van der Waals surface area (Å²) in [6.07, 6.45) is 0.666. The summed E-state index contributed by atoms with van der Waals surface area (Å²) in [5.41, 5.74) is 6.45. The third-order valence-corrected chi connectivity index (χ3v) is 3.65. The molecule has 0 aromatic heterocycles. The van der Waals surface area contributed by atoms with E-state index in [-0.39, 0.29) is 23.2 Å². The summed E-state index contributed by atoms with van der Waals surface area (Å²) in [4.78, 5) is 24.5. The van der Waals surface area contributed by atoms with Crippen LogP contribution in [0, 0.1) is 23.0 Å². The van der Waals surface area contributed by atoms with Crippen molar-refractivity contribution in [3.8, 4) is 0 Å². The molecule has 0 saturated carbocycles. The molecule has 0 fully saturated rings. The van der Waals surface area contributed by atoms with Crippen LogP contribution in [0.25, 0.3) is 0 Å². The number of nitrogens with two attached hydrogens (primary N) is 1. The van der Waals surface area contributed by atoms with Crippen molar-refractivity contribution in [3.63, 3.8) is 0 Å². The van der Waals surface area contributed by atoms with Crippen LogP contribution in [0.2, 0.25) is 0 Å². The lowest BCUT2D eigenvalue weighted by Crippen LogP contribution is -2.34. The molecule has 6 heteroatoms. The van der Waals surface area contributed by atoms with E-state index >= 15 is 0 Å². The standard InChI is InChI=1S/C15H23N3O3/c1-10(2)13(16)8-9-17(4)15(19)12-7-5-6-11(3)14(12)18(20)21/h5-7,10,13H,8-9,16H2,1-4H3. The van der Waals surface area contributed by atoms with Crippen molar-refractivity contribution in [1.82, 2.24) is 4.90 Å². The Bertz CT molecular complexity index is 529. The predicted molar refractivity (Wildman–Crippen MR) is 82.2 cm³/mol. The highest BCUT2D eigenvalue weighted by atomic mass is 16.6. The van der Waals surface area contributed by atoms with E-state index in [0.29, 0.717) is 24.4 Å². The van der Waals surface area contributed by atoms with Gasteiger partial charge in [0.15, 0.2) is 0 Å². The van der Waals surface area contributed by atoms with Crippen molar-refractivity contribution in [2.45, 2.75) is 33.2 Å². The van der Waals surface area contributed by atoms with Gasteiger partial charge >= 0.3 is 0 Å². The van der Waals surface area contributed by atoms with Gasteiger partial charge in [0.05, 0.1) is 4.92 Å². The Hall–Kier alpha value is -1.95. The molecule has 1 amide bonds. The van der Waals surface area contributed by atoms with Gasteiger partial charge in [-0.2, -0.15) is 0 Å². The second kappa shape index (κ2) is 7.17. The normalized spacial score (nSPS) is 12.3. The van der Waals surface area contributed by atoms with E-state index in [4.69, 9.17) is 5.73 Å². The van der Waals surface area contributed by atoms with Gasteiger partial charge in [-0.1, -0.05) is 26.0 Å². The van der Waals surface area contributed by atoms with Crippen LogP contribution in [-0.2, 0) is 0 Å². The van der Waals surface area contributed by atoms with Crippen molar-refractivity contribution in [3.05, 3.63) is 39.4 Å². The zero-order valence-electron chi connectivity index (χ0n) is 13.0. The maximum atomic E-state index is 12.4. The molecule has 0 saturated heterocycles. The molecule has 1 aromatic rings. The number of hydrogen-bond donors (Lipinski definition) is 1. The van der Waals surface area contributed by atoms with Crippen LogP contribution in [0.4, 0.5) is 5.69 Å². The van der Waals surface area contributed by atoms with E-state index in [1.807, 2.05) is 13.8 Å². The second-order valence-electron chi connectivity index (χ2n) is 5.65. The van der Waals surface area contributed by atoms with Crippen molar-refractivity contribution in [2.75, 3.05) is 13.6 Å². The monoisotopic (exact) mass is 293 g/mol. The summed E-state index contributed by atoms with van der Waals surface area (Å²) in [5, 5.41) is 11.1. The lowest BCUT2D eigenvalue weighted by molar-refractivity contribution is -0.385. The zero-order valence-corrected chi connectivity index (χ0v) is 13.0. The number of para-hydroxylation sites is 1. The van der Waals surface area contributed by atoms with Crippen LogP contribution in [0.15, 0.2) is 18.2 Å². The van der Waals surface area contributed by atoms with Crippen LogP contribution in [0.5, 0.6) is 0 Å². The highest BCUT2D eigenvalue weighted by Crippen LogP contribution is 2.24. The Morgan fingerprint density at radius 3 is 2.57 bits per heavy atom. The zero-order chi connectivity index (χ0) is 16.2. The molecule has 0 aliphatic rings. The van der Waals surface area contributed by atoms with Gasteiger partial charge in [0.1, 0.15) is 5.56 Å². The van der Waals surface area contributed by atoms with Gasteiger partial charge in [-0.05, 0) is 25.3 Å². The van der Waals surface area contributed by atoms with Crippen LogP contribution in [-0.4, -0.2) is 35.4 Å². The number of nitro groups is 1. The van der Waals surface area contributed by atoms with Gasteiger partial charge in [-0.3, -0.25) is 14.9 Å². The summed E-state index contributed by atoms with van der Waals surface area (Å²) in [5.74, 6) is -0.0110. The fourth-order valence-corrected chi connectivity index (χ4v) is 2.06. The average molecular weight is 293 g/mol. The molecular formula is C15H23N3O3. The highest BCUT2D eigenvalue weighted by molar-refractivity contribution is 5.98. The predicted octanol–water partition coefficient (Wildman–Crippen LogP) is 2.35. The van der Waals surface area contributed by atoms with E-state index in [9.17, 15) is 14.9 Å². The van der Waals surface area contributed by atoms with E-state index in [1.165, 1.54) is 11.0 Å². The highest BCUT2D eigenvalue weighted by Gasteiger charge is 2.24. The van der Waals surface area contributed by atoms with Crippen LogP contribution in [0.3, 0.4) is 0 Å². The summed E-state index contributed by atoms with van der Waals surface area (Å²) in [6, 6.07) is 4.78. The fourth-order valence-electron chi connectivity index (χ4n) is 2.06. The van der Waals surface area contributed by atoms with Crippen LogP contribution in [0.1, 0.15) is 36.2 Å². The van der Waals surface area contributed by atoms with E-state index in [2.05, 4.69) is 0 Å². The molecule has 0 radical (unpaired) electrons. The van der Waals surface area contributed by atoms with Gasteiger partial charge in [0.25, 0.3) is 11.6 Å². The van der Waals surface area contributed by atoms with Crippen LogP contribution < -0.4 is 5.73 Å². The first-order chi connectivity index (χ1) is 9.75. The average Bonchev–Trinajstić information content (AvgIpc) is 2.42. The molecule has 1 atom stereocenters. The molecule has 1 rings (SSSR count). The number of hydrogen-bond acceptors (Lipinski definition) is 4. The van der Waals surface area contributed by atoms with Crippen molar-refractivity contribution >= 4 is 11.6 Å². The Morgan fingerprint density at radius 1 is 1.43 bits per heavy atom. The molecular weight excluding hydrogens is 270 g/mol. The first-order valence-electron chi connectivity index (χ1n) is 7.00. The van der Waals surface area contributed by atoms with Gasteiger partial charge in [0.2, 0.25) is 0 Å². The quantitative estimate of drug-likeness (QED) is 0.644. The maximum Gasteiger partial charge on any atom is 0.285 e. The molecule has 2 N–H and O–H groups in total. The van der Waals surface area contributed by atoms with Crippen molar-refractivity contribution in [2.24, 2.45) is 11.7 Å². The maximum absolute atomic E-state index is 12.4. The molecule has 0 heterocycles. The number of nitrogens with zero attached hydrogens (tertiary/aromatic N) is 2. The van der Waals surface area contributed by atoms with E-state index in [1.54, 1.807) is 26.1 Å². The number of carbonyl (C=O) groups excluding carboxylic acids is 1.